The summed E-state index contributed by atoms with van der Waals surface area (Å²) in [5, 5.41) is 2.76. The fourth-order valence-corrected chi connectivity index (χ4v) is 2.43. The summed E-state index contributed by atoms with van der Waals surface area (Å²) >= 11 is 0. The Morgan fingerprint density at radius 3 is 3.00 bits per heavy atom. The van der Waals surface area contributed by atoms with Crippen molar-refractivity contribution >= 4 is 17.1 Å². The topological polar surface area (TPSA) is 41.3 Å². The molecule has 1 aromatic carbocycles. The Bertz CT molecular complexity index is 628. The molecular weight excluding hydrogens is 271 g/mol. The molecule has 1 fully saturated rings. The molecule has 0 bridgehead atoms. The Morgan fingerprint density at radius 2 is 2.30 bits per heavy atom. The van der Waals surface area contributed by atoms with Crippen LogP contribution in [-0.4, -0.2) is 42.0 Å². The van der Waals surface area contributed by atoms with E-state index < -0.39 is 17.8 Å². The number of hydrogen-bond acceptors (Lipinski definition) is 4. The zero-order valence-corrected chi connectivity index (χ0v) is 10.9. The first-order chi connectivity index (χ1) is 9.45. The van der Waals surface area contributed by atoms with Crippen LogP contribution in [0.5, 0.6) is 0 Å². The summed E-state index contributed by atoms with van der Waals surface area (Å²) in [6.45, 7) is 0.386. The highest BCUT2D eigenvalue weighted by atomic mass is 19.3. The molecule has 0 amide bonds. The van der Waals surface area contributed by atoms with Gasteiger partial charge in [0, 0.05) is 25.6 Å². The van der Waals surface area contributed by atoms with Crippen LogP contribution in [0.2, 0.25) is 0 Å². The number of nitrogens with zero attached hydrogens (tertiary/aromatic N) is 2. The minimum Gasteiger partial charge on any atom is -0.423 e. The van der Waals surface area contributed by atoms with E-state index >= 15 is 0 Å². The van der Waals surface area contributed by atoms with Crippen molar-refractivity contribution in [3.05, 3.63) is 24.0 Å². The maximum atomic E-state index is 13.6. The lowest BCUT2D eigenvalue weighted by Crippen LogP contribution is -2.42. The SMILES string of the molecule is CN1CCC(F)(F)C1CNc1nc2ccc(F)cc2o1. The maximum Gasteiger partial charge on any atom is 0.295 e. The first-order valence-electron chi connectivity index (χ1n) is 6.34. The Balaban J connectivity index is 1.73. The monoisotopic (exact) mass is 285 g/mol. The third kappa shape index (κ3) is 2.33. The minimum absolute atomic E-state index is 0.0266. The molecule has 1 unspecified atom stereocenters. The first-order valence-corrected chi connectivity index (χ1v) is 6.34. The van der Waals surface area contributed by atoms with Crippen LogP contribution in [0.1, 0.15) is 6.42 Å². The largest absolute Gasteiger partial charge is 0.423 e. The molecule has 1 N–H and O–H groups in total. The molecule has 3 rings (SSSR count). The van der Waals surface area contributed by atoms with Crippen molar-refractivity contribution in [3.63, 3.8) is 0 Å². The van der Waals surface area contributed by atoms with E-state index in [0.717, 1.165) is 0 Å². The molecule has 1 aromatic heterocycles. The second kappa shape index (κ2) is 4.66. The molecule has 1 atom stereocenters. The summed E-state index contributed by atoms with van der Waals surface area (Å²) in [5.74, 6) is -3.15. The Labute approximate surface area is 113 Å². The van der Waals surface area contributed by atoms with Crippen LogP contribution in [0, 0.1) is 5.82 Å². The molecule has 0 saturated carbocycles. The number of halogens is 3. The smallest absolute Gasteiger partial charge is 0.295 e. The van der Waals surface area contributed by atoms with Gasteiger partial charge in [-0.15, -0.1) is 0 Å². The zero-order chi connectivity index (χ0) is 14.3. The van der Waals surface area contributed by atoms with E-state index in [1.165, 1.54) is 18.2 Å². The van der Waals surface area contributed by atoms with Crippen molar-refractivity contribution in [2.24, 2.45) is 0 Å². The average molecular weight is 285 g/mol. The number of hydrogen-bond donors (Lipinski definition) is 1. The number of nitrogens with one attached hydrogen (secondary N) is 1. The van der Waals surface area contributed by atoms with Gasteiger partial charge in [0.2, 0.25) is 0 Å². The van der Waals surface area contributed by atoms with E-state index in [4.69, 9.17) is 4.42 Å². The van der Waals surface area contributed by atoms with E-state index in [1.807, 2.05) is 0 Å². The van der Waals surface area contributed by atoms with Crippen molar-refractivity contribution < 1.29 is 17.6 Å². The Morgan fingerprint density at radius 1 is 1.50 bits per heavy atom. The molecule has 0 aliphatic carbocycles. The summed E-state index contributed by atoms with van der Waals surface area (Å²) in [5.41, 5.74) is 0.777. The van der Waals surface area contributed by atoms with Crippen LogP contribution in [0.4, 0.5) is 19.2 Å². The van der Waals surface area contributed by atoms with E-state index in [1.54, 1.807) is 11.9 Å². The van der Waals surface area contributed by atoms with E-state index in [-0.39, 0.29) is 19.0 Å². The van der Waals surface area contributed by atoms with Crippen LogP contribution in [0.15, 0.2) is 22.6 Å². The van der Waals surface area contributed by atoms with Crippen molar-refractivity contribution in [3.8, 4) is 0 Å². The second-order valence-corrected chi connectivity index (χ2v) is 5.02. The summed E-state index contributed by atoms with van der Waals surface area (Å²) in [4.78, 5) is 5.69. The predicted octanol–water partition coefficient (Wildman–Crippen LogP) is 2.72. The molecular formula is C13H14F3N3O. The zero-order valence-electron chi connectivity index (χ0n) is 10.9. The summed E-state index contributed by atoms with van der Waals surface area (Å²) < 4.78 is 45.6. The van der Waals surface area contributed by atoms with Gasteiger partial charge in [0.25, 0.3) is 11.9 Å². The van der Waals surface area contributed by atoms with Gasteiger partial charge in [-0.05, 0) is 19.2 Å². The number of fused-ring (bicyclic) bond motifs is 1. The average Bonchev–Trinajstić information content (AvgIpc) is 2.88. The first kappa shape index (κ1) is 13.2. The van der Waals surface area contributed by atoms with Gasteiger partial charge in [-0.1, -0.05) is 0 Å². The lowest BCUT2D eigenvalue weighted by atomic mass is 10.1. The third-order valence-electron chi connectivity index (χ3n) is 3.61. The van der Waals surface area contributed by atoms with Gasteiger partial charge in [0.05, 0.1) is 6.04 Å². The van der Waals surface area contributed by atoms with Gasteiger partial charge in [-0.25, -0.2) is 13.2 Å². The molecule has 20 heavy (non-hydrogen) atoms. The van der Waals surface area contributed by atoms with Gasteiger partial charge in [-0.2, -0.15) is 4.98 Å². The molecule has 0 spiro atoms. The van der Waals surface area contributed by atoms with Crippen LogP contribution in [-0.2, 0) is 0 Å². The molecule has 1 aliphatic heterocycles. The lowest BCUT2D eigenvalue weighted by molar-refractivity contribution is -0.0240. The van der Waals surface area contributed by atoms with E-state index in [0.29, 0.717) is 17.6 Å². The molecule has 2 heterocycles. The van der Waals surface area contributed by atoms with Crippen molar-refractivity contribution in [2.75, 3.05) is 25.5 Å². The Hall–Kier alpha value is -1.76. The highest BCUT2D eigenvalue weighted by Crippen LogP contribution is 2.33. The molecule has 4 nitrogen and oxygen atoms in total. The molecule has 2 aromatic rings. The molecule has 7 heteroatoms. The third-order valence-corrected chi connectivity index (χ3v) is 3.61. The van der Waals surface area contributed by atoms with Gasteiger partial charge < -0.3 is 9.73 Å². The van der Waals surface area contributed by atoms with Gasteiger partial charge in [-0.3, -0.25) is 4.90 Å². The number of rotatable bonds is 3. The number of likely N-dealkylation sites (N-methyl/N-ethyl adjacent to an activating group) is 1. The van der Waals surface area contributed by atoms with Gasteiger partial charge in [0.1, 0.15) is 11.3 Å². The lowest BCUT2D eigenvalue weighted by Gasteiger charge is -2.24. The molecule has 0 radical (unpaired) electrons. The standard InChI is InChI=1S/C13H14F3N3O/c1-19-5-4-13(15,16)11(19)7-17-12-18-9-3-2-8(14)6-10(9)20-12/h2-3,6,11H,4-5,7H2,1H3,(H,17,18). The number of oxazole rings is 1. The van der Waals surface area contributed by atoms with Crippen molar-refractivity contribution in [2.45, 2.75) is 18.4 Å². The summed E-state index contributed by atoms with van der Waals surface area (Å²) in [6.07, 6.45) is -0.144. The highest BCUT2D eigenvalue weighted by Gasteiger charge is 2.47. The van der Waals surface area contributed by atoms with Crippen molar-refractivity contribution in [1.82, 2.24) is 9.88 Å². The van der Waals surface area contributed by atoms with E-state index in [2.05, 4.69) is 10.3 Å². The van der Waals surface area contributed by atoms with Gasteiger partial charge >= 0.3 is 0 Å². The molecule has 1 aliphatic rings. The van der Waals surface area contributed by atoms with Crippen LogP contribution < -0.4 is 5.32 Å². The fraction of sp³-hybridized carbons (Fsp3) is 0.462. The number of aromatic nitrogens is 1. The minimum atomic E-state index is -2.72. The summed E-state index contributed by atoms with van der Waals surface area (Å²) in [6, 6.07) is 3.20. The normalized spacial score (nSPS) is 22.5. The van der Waals surface area contributed by atoms with Crippen LogP contribution in [0.25, 0.3) is 11.1 Å². The Kier molecular flexibility index (Phi) is 3.08. The quantitative estimate of drug-likeness (QED) is 0.941. The van der Waals surface area contributed by atoms with Crippen molar-refractivity contribution in [1.29, 1.82) is 0 Å². The van der Waals surface area contributed by atoms with Crippen LogP contribution in [0.3, 0.4) is 0 Å². The fourth-order valence-electron chi connectivity index (χ4n) is 2.43. The molecule has 1 saturated heterocycles. The number of benzene rings is 1. The maximum absolute atomic E-state index is 13.6. The number of likely N-dealkylation sites (tertiary alicyclic amines) is 1. The highest BCUT2D eigenvalue weighted by molar-refractivity contribution is 5.74. The van der Waals surface area contributed by atoms with E-state index in [9.17, 15) is 13.2 Å². The second-order valence-electron chi connectivity index (χ2n) is 5.02. The number of alkyl halides is 2. The molecule has 108 valence electrons. The number of anilines is 1. The summed E-state index contributed by atoms with van der Waals surface area (Å²) in [7, 11) is 1.66. The van der Waals surface area contributed by atoms with Crippen LogP contribution >= 0.6 is 0 Å². The van der Waals surface area contributed by atoms with Gasteiger partial charge in [0.15, 0.2) is 5.58 Å². The predicted molar refractivity (Wildman–Crippen MR) is 68.4 cm³/mol.